The molecule has 0 amide bonds. The van der Waals surface area contributed by atoms with Crippen LogP contribution >= 0.6 is 0 Å². The summed E-state index contributed by atoms with van der Waals surface area (Å²) in [6.07, 6.45) is 4.78. The molecule has 2 atom stereocenters. The second kappa shape index (κ2) is 3.66. The van der Waals surface area contributed by atoms with Crippen LogP contribution in [0.1, 0.15) is 33.1 Å². The smallest absolute Gasteiger partial charge is 0.153 e. The minimum Gasteiger partial charge on any atom is -0.384 e. The van der Waals surface area contributed by atoms with E-state index in [9.17, 15) is 13.5 Å². The fourth-order valence-corrected chi connectivity index (χ4v) is 3.75. The van der Waals surface area contributed by atoms with Gasteiger partial charge in [-0.25, -0.2) is 8.42 Å². The van der Waals surface area contributed by atoms with E-state index in [2.05, 4.69) is 0 Å². The zero-order chi connectivity index (χ0) is 11.0. The molecule has 1 aliphatic carbocycles. The minimum absolute atomic E-state index is 0.552. The van der Waals surface area contributed by atoms with Crippen LogP contribution in [0.2, 0.25) is 0 Å². The molecule has 1 N–H and O–H groups in total. The van der Waals surface area contributed by atoms with Gasteiger partial charge in [-0.2, -0.15) is 0 Å². The van der Waals surface area contributed by atoms with Crippen molar-refractivity contribution >= 4 is 9.84 Å². The first kappa shape index (κ1) is 11.7. The van der Waals surface area contributed by atoms with Gasteiger partial charge in [0.2, 0.25) is 0 Å². The van der Waals surface area contributed by atoms with Crippen LogP contribution in [0.3, 0.4) is 0 Å². The van der Waals surface area contributed by atoms with E-state index in [0.29, 0.717) is 12.8 Å². The molecule has 0 radical (unpaired) electrons. The van der Waals surface area contributed by atoms with Crippen LogP contribution in [0.5, 0.6) is 0 Å². The first-order valence-corrected chi connectivity index (χ1v) is 6.78. The van der Waals surface area contributed by atoms with Gasteiger partial charge in [0.25, 0.3) is 0 Å². The molecule has 82 valence electrons. The van der Waals surface area contributed by atoms with E-state index in [4.69, 9.17) is 0 Å². The van der Waals surface area contributed by atoms with Crippen molar-refractivity contribution in [1.29, 1.82) is 0 Å². The zero-order valence-electron chi connectivity index (χ0n) is 8.95. The van der Waals surface area contributed by atoms with Gasteiger partial charge in [-0.1, -0.05) is 11.6 Å². The monoisotopic (exact) mass is 218 g/mol. The lowest BCUT2D eigenvalue weighted by atomic mass is 9.99. The predicted molar refractivity (Wildman–Crippen MR) is 56.9 cm³/mol. The summed E-state index contributed by atoms with van der Waals surface area (Å²) in [5.41, 5.74) is -0.171. The Labute approximate surface area is 85.7 Å². The molecule has 1 fully saturated rings. The van der Waals surface area contributed by atoms with Gasteiger partial charge in [-0.15, -0.1) is 0 Å². The Kier molecular flexibility index (Phi) is 3.07. The van der Waals surface area contributed by atoms with Crippen molar-refractivity contribution in [3.8, 4) is 0 Å². The van der Waals surface area contributed by atoms with Gasteiger partial charge in [0.15, 0.2) is 9.84 Å². The summed E-state index contributed by atoms with van der Waals surface area (Å²) in [7, 11) is -3.15. The highest BCUT2D eigenvalue weighted by atomic mass is 32.2. The van der Waals surface area contributed by atoms with Crippen LogP contribution in [0.4, 0.5) is 0 Å². The normalized spacial score (nSPS) is 33.0. The van der Waals surface area contributed by atoms with Crippen molar-refractivity contribution < 1.29 is 13.5 Å². The highest BCUT2D eigenvalue weighted by Crippen LogP contribution is 2.36. The second-order valence-electron chi connectivity index (χ2n) is 4.42. The maximum absolute atomic E-state index is 11.4. The molecular formula is C10H18O3S. The molecular weight excluding hydrogens is 200 g/mol. The first-order chi connectivity index (χ1) is 6.26. The van der Waals surface area contributed by atoms with Crippen molar-refractivity contribution in [3.05, 3.63) is 11.6 Å². The van der Waals surface area contributed by atoms with Crippen molar-refractivity contribution in [3.63, 3.8) is 0 Å². The van der Waals surface area contributed by atoms with Crippen molar-refractivity contribution in [2.24, 2.45) is 0 Å². The van der Waals surface area contributed by atoms with E-state index in [1.54, 1.807) is 6.08 Å². The van der Waals surface area contributed by atoms with E-state index in [-0.39, 0.29) is 0 Å². The van der Waals surface area contributed by atoms with Crippen LogP contribution in [-0.2, 0) is 9.84 Å². The fraction of sp³-hybridized carbons (Fsp3) is 0.800. The summed E-state index contributed by atoms with van der Waals surface area (Å²) >= 11 is 0. The summed E-state index contributed by atoms with van der Waals surface area (Å²) in [4.78, 5) is 0. The summed E-state index contributed by atoms with van der Waals surface area (Å²) in [6.45, 7) is 3.74. The SMILES string of the molecule is CC(C)=CC1(O)CCCC1S(C)(=O)=O. The fourth-order valence-electron chi connectivity index (χ4n) is 2.23. The molecule has 1 rings (SSSR count). The molecule has 0 bridgehead atoms. The Morgan fingerprint density at radius 1 is 1.50 bits per heavy atom. The molecule has 0 saturated heterocycles. The third kappa shape index (κ3) is 2.36. The molecule has 1 aliphatic rings. The second-order valence-corrected chi connectivity index (χ2v) is 6.65. The molecule has 2 unspecified atom stereocenters. The molecule has 0 aromatic rings. The van der Waals surface area contributed by atoms with E-state index >= 15 is 0 Å². The molecule has 3 nitrogen and oxygen atoms in total. The van der Waals surface area contributed by atoms with Crippen LogP contribution in [0, 0.1) is 0 Å². The molecule has 0 aromatic heterocycles. The van der Waals surface area contributed by atoms with Crippen LogP contribution in [0.15, 0.2) is 11.6 Å². The van der Waals surface area contributed by atoms with Gasteiger partial charge in [0.05, 0.1) is 10.9 Å². The van der Waals surface area contributed by atoms with E-state index in [1.807, 2.05) is 13.8 Å². The maximum atomic E-state index is 11.4. The molecule has 0 spiro atoms. The van der Waals surface area contributed by atoms with Crippen molar-refractivity contribution in [1.82, 2.24) is 0 Å². The molecule has 0 heterocycles. The lowest BCUT2D eigenvalue weighted by Gasteiger charge is -2.25. The number of allylic oxidation sites excluding steroid dienone is 1. The molecule has 0 aliphatic heterocycles. The Morgan fingerprint density at radius 2 is 2.07 bits per heavy atom. The number of aliphatic hydroxyl groups is 1. The Balaban J connectivity index is 3.05. The van der Waals surface area contributed by atoms with Crippen molar-refractivity contribution in [2.45, 2.75) is 44.0 Å². The predicted octanol–water partition coefficient (Wildman–Crippen LogP) is 1.28. The average molecular weight is 218 g/mol. The van der Waals surface area contributed by atoms with E-state index in [0.717, 1.165) is 12.0 Å². The largest absolute Gasteiger partial charge is 0.384 e. The average Bonchev–Trinajstić information content (AvgIpc) is 2.27. The van der Waals surface area contributed by atoms with Gasteiger partial charge in [-0.3, -0.25) is 0 Å². The zero-order valence-corrected chi connectivity index (χ0v) is 9.76. The summed E-state index contributed by atoms with van der Waals surface area (Å²) in [5, 5.41) is 9.58. The lowest BCUT2D eigenvalue weighted by molar-refractivity contribution is 0.101. The summed E-state index contributed by atoms with van der Waals surface area (Å²) in [6, 6.07) is 0. The summed E-state index contributed by atoms with van der Waals surface area (Å²) in [5.74, 6) is 0. The Hall–Kier alpha value is -0.350. The number of sulfone groups is 1. The Bertz CT molecular complexity index is 338. The van der Waals surface area contributed by atoms with Crippen molar-refractivity contribution in [2.75, 3.05) is 6.26 Å². The van der Waals surface area contributed by atoms with Gasteiger partial charge >= 0.3 is 0 Å². The standard InChI is InChI=1S/C10H18O3S/c1-8(2)7-10(11)6-4-5-9(10)14(3,12)13/h7,9,11H,4-6H2,1-3H3. The van der Waals surface area contributed by atoms with Gasteiger partial charge in [0, 0.05) is 6.26 Å². The topological polar surface area (TPSA) is 54.4 Å². The Morgan fingerprint density at radius 3 is 2.50 bits per heavy atom. The van der Waals surface area contributed by atoms with Gasteiger partial charge in [-0.05, 0) is 33.1 Å². The van der Waals surface area contributed by atoms with Crippen LogP contribution in [-0.4, -0.2) is 30.6 Å². The maximum Gasteiger partial charge on any atom is 0.153 e. The number of rotatable bonds is 2. The minimum atomic E-state index is -3.15. The highest BCUT2D eigenvalue weighted by molar-refractivity contribution is 7.91. The highest BCUT2D eigenvalue weighted by Gasteiger charge is 2.45. The van der Waals surface area contributed by atoms with Gasteiger partial charge in [0.1, 0.15) is 0 Å². The van der Waals surface area contributed by atoms with Crippen LogP contribution < -0.4 is 0 Å². The third-order valence-electron chi connectivity index (χ3n) is 2.66. The first-order valence-electron chi connectivity index (χ1n) is 4.83. The number of hydrogen-bond donors (Lipinski definition) is 1. The molecule has 1 saturated carbocycles. The van der Waals surface area contributed by atoms with E-state index in [1.165, 1.54) is 6.26 Å². The van der Waals surface area contributed by atoms with E-state index < -0.39 is 20.7 Å². The quantitative estimate of drug-likeness (QED) is 0.710. The third-order valence-corrected chi connectivity index (χ3v) is 4.33. The lowest BCUT2D eigenvalue weighted by Crippen LogP contribution is -2.40. The molecule has 0 aromatic carbocycles. The summed E-state index contributed by atoms with van der Waals surface area (Å²) < 4.78 is 22.9. The van der Waals surface area contributed by atoms with Crippen LogP contribution in [0.25, 0.3) is 0 Å². The molecule has 14 heavy (non-hydrogen) atoms. The number of hydrogen-bond acceptors (Lipinski definition) is 3. The molecule has 4 heteroatoms. The van der Waals surface area contributed by atoms with Gasteiger partial charge < -0.3 is 5.11 Å².